The number of aryl methyl sites for hydroxylation is 1. The molecule has 0 saturated carbocycles. The van der Waals surface area contributed by atoms with Crippen molar-refractivity contribution in [3.05, 3.63) is 29.3 Å². The number of hydrogen-bond donors (Lipinski definition) is 0. The second kappa shape index (κ2) is 3.60. The molecule has 1 aliphatic rings. The predicted octanol–water partition coefficient (Wildman–Crippen LogP) is 1.77. The maximum atomic E-state index is 10.5. The first-order chi connectivity index (χ1) is 6.31. The Hall–Kier alpha value is -0.661. The molecule has 13 heavy (non-hydrogen) atoms. The van der Waals surface area contributed by atoms with Crippen LogP contribution in [0, 0.1) is 6.92 Å². The van der Waals surface area contributed by atoms with Crippen molar-refractivity contribution in [3.8, 4) is 5.75 Å². The zero-order valence-corrected chi connectivity index (χ0v) is 9.16. The van der Waals surface area contributed by atoms with Crippen LogP contribution >= 0.6 is 0 Å². The van der Waals surface area contributed by atoms with E-state index in [-0.39, 0.29) is 6.10 Å². The van der Waals surface area contributed by atoms with Gasteiger partial charge in [0.1, 0.15) is 0 Å². The Bertz CT molecular complexity index is 336. The van der Waals surface area contributed by atoms with Crippen LogP contribution in [0.4, 0.5) is 0 Å². The summed E-state index contributed by atoms with van der Waals surface area (Å²) < 4.78 is 16.2. The molecule has 0 N–H and O–H groups in total. The molecule has 0 saturated heterocycles. The predicted molar refractivity (Wildman–Crippen MR) is 50.5 cm³/mol. The summed E-state index contributed by atoms with van der Waals surface area (Å²) in [5.41, 5.74) is 2.44. The van der Waals surface area contributed by atoms with Crippen LogP contribution in [-0.4, -0.2) is 21.0 Å². The third-order valence-corrected chi connectivity index (χ3v) is 3.35. The van der Waals surface area contributed by atoms with Gasteiger partial charge in [-0.3, -0.25) is 0 Å². The van der Waals surface area contributed by atoms with Crippen LogP contribution in [0.2, 0.25) is 5.32 Å². The summed E-state index contributed by atoms with van der Waals surface area (Å²) in [6, 6.07) is 6.17. The van der Waals surface area contributed by atoms with Gasteiger partial charge in [0.25, 0.3) is 0 Å². The number of rotatable bonds is 2. The summed E-state index contributed by atoms with van der Waals surface area (Å²) in [5, 5.41) is 0.682. The van der Waals surface area contributed by atoms with Crippen LogP contribution in [-0.2, 0) is 10.3 Å². The molecule has 0 aliphatic carbocycles. The average Bonchev–Trinajstić information content (AvgIpc) is 2.49. The molecule has 0 amide bonds. The minimum atomic E-state index is -0.527. The number of ether oxygens (including phenoxy) is 1. The van der Waals surface area contributed by atoms with Crippen molar-refractivity contribution >= 4 is 14.9 Å². The molecule has 3 heteroatoms. The van der Waals surface area contributed by atoms with Crippen LogP contribution in [0.25, 0.3) is 0 Å². The molecule has 2 nitrogen and oxygen atoms in total. The Kier molecular flexibility index (Phi) is 2.47. The van der Waals surface area contributed by atoms with Gasteiger partial charge in [-0.2, -0.15) is 0 Å². The van der Waals surface area contributed by atoms with Gasteiger partial charge in [-0.1, -0.05) is 0 Å². The first kappa shape index (κ1) is 8.92. The van der Waals surface area contributed by atoms with Crippen LogP contribution in [0.5, 0.6) is 5.75 Å². The van der Waals surface area contributed by atoms with Gasteiger partial charge in [-0.25, -0.2) is 0 Å². The SMILES string of the molecule is Cc1cccc2c1OC(C[Se]=O)C2. The van der Waals surface area contributed by atoms with Gasteiger partial charge >= 0.3 is 83.3 Å². The van der Waals surface area contributed by atoms with Gasteiger partial charge in [0.05, 0.1) is 0 Å². The van der Waals surface area contributed by atoms with Crippen molar-refractivity contribution in [1.29, 1.82) is 0 Å². The number of benzene rings is 1. The molecule has 0 spiro atoms. The molecule has 0 aromatic heterocycles. The minimum absolute atomic E-state index is 0.147. The molecule has 2 rings (SSSR count). The second-order valence-corrected chi connectivity index (χ2v) is 4.49. The normalized spacial score (nSPS) is 19.3. The quantitative estimate of drug-likeness (QED) is 0.739. The standard InChI is InChI=1S/C10H11O2Se/c1-7-3-2-4-8-5-9(6-13-11)12-10(7)8/h2-4,9H,5-6H2,1H3. The van der Waals surface area contributed by atoms with Crippen LogP contribution in [0.15, 0.2) is 18.2 Å². The molecule has 0 bridgehead atoms. The topological polar surface area (TPSA) is 26.3 Å². The van der Waals surface area contributed by atoms with Crippen LogP contribution in [0.1, 0.15) is 11.1 Å². The van der Waals surface area contributed by atoms with E-state index in [0.717, 1.165) is 12.2 Å². The molecule has 1 aromatic rings. The fourth-order valence-corrected chi connectivity index (χ4v) is 2.37. The molecule has 1 atom stereocenters. The van der Waals surface area contributed by atoms with Crippen LogP contribution in [0.3, 0.4) is 0 Å². The van der Waals surface area contributed by atoms with Crippen molar-refractivity contribution < 1.29 is 8.57 Å². The summed E-state index contributed by atoms with van der Waals surface area (Å²) in [4.78, 5) is 0. The molecule has 1 heterocycles. The van der Waals surface area contributed by atoms with Crippen molar-refractivity contribution in [3.63, 3.8) is 0 Å². The van der Waals surface area contributed by atoms with Gasteiger partial charge < -0.3 is 0 Å². The van der Waals surface area contributed by atoms with Gasteiger partial charge in [-0.15, -0.1) is 0 Å². The summed E-state index contributed by atoms with van der Waals surface area (Å²) in [6.45, 7) is 2.05. The molecule has 1 aromatic carbocycles. The first-order valence-corrected chi connectivity index (χ1v) is 6.22. The third kappa shape index (κ3) is 1.67. The fraction of sp³-hybridized carbons (Fsp3) is 0.400. The Balaban J connectivity index is 2.24. The van der Waals surface area contributed by atoms with Gasteiger partial charge in [0, 0.05) is 0 Å². The molecule has 1 radical (unpaired) electrons. The van der Waals surface area contributed by atoms with Crippen molar-refractivity contribution in [2.24, 2.45) is 0 Å². The molecule has 69 valence electrons. The third-order valence-electron chi connectivity index (χ3n) is 2.28. The van der Waals surface area contributed by atoms with E-state index in [2.05, 4.69) is 6.07 Å². The Labute approximate surface area is 83.6 Å². The number of fused-ring (bicyclic) bond motifs is 1. The van der Waals surface area contributed by atoms with Crippen LogP contribution < -0.4 is 4.74 Å². The van der Waals surface area contributed by atoms with Crippen molar-refractivity contribution in [2.75, 3.05) is 0 Å². The summed E-state index contributed by atoms with van der Waals surface area (Å²) in [6.07, 6.45) is 1.06. The van der Waals surface area contributed by atoms with Gasteiger partial charge in [0.2, 0.25) is 0 Å². The van der Waals surface area contributed by atoms with E-state index in [0.29, 0.717) is 5.32 Å². The van der Waals surface area contributed by atoms with E-state index in [1.807, 2.05) is 19.1 Å². The zero-order chi connectivity index (χ0) is 9.26. The number of para-hydroxylation sites is 1. The molecular formula is C10H11O2Se. The van der Waals surface area contributed by atoms with E-state index in [9.17, 15) is 3.83 Å². The van der Waals surface area contributed by atoms with E-state index >= 15 is 0 Å². The molecule has 0 fully saturated rings. The Morgan fingerprint density at radius 1 is 1.62 bits per heavy atom. The fourth-order valence-electron chi connectivity index (χ4n) is 1.67. The van der Waals surface area contributed by atoms with Gasteiger partial charge in [0.15, 0.2) is 0 Å². The Morgan fingerprint density at radius 2 is 2.46 bits per heavy atom. The van der Waals surface area contributed by atoms with E-state index in [1.165, 1.54) is 11.1 Å². The summed E-state index contributed by atoms with van der Waals surface area (Å²) in [7, 11) is 0. The van der Waals surface area contributed by atoms with Crippen molar-refractivity contribution in [2.45, 2.75) is 24.8 Å². The first-order valence-electron chi connectivity index (χ1n) is 4.31. The van der Waals surface area contributed by atoms with E-state index in [1.54, 1.807) is 0 Å². The maximum absolute atomic E-state index is 10.5. The zero-order valence-electron chi connectivity index (χ0n) is 7.45. The van der Waals surface area contributed by atoms with E-state index < -0.39 is 14.9 Å². The number of hydrogen-bond acceptors (Lipinski definition) is 2. The van der Waals surface area contributed by atoms with E-state index in [4.69, 9.17) is 4.74 Å². The second-order valence-electron chi connectivity index (χ2n) is 3.29. The molecular weight excluding hydrogens is 231 g/mol. The molecule has 1 unspecified atom stereocenters. The molecule has 1 aliphatic heterocycles. The van der Waals surface area contributed by atoms with Gasteiger partial charge in [-0.05, 0) is 0 Å². The average molecular weight is 242 g/mol. The Morgan fingerprint density at radius 3 is 3.15 bits per heavy atom. The summed E-state index contributed by atoms with van der Waals surface area (Å²) in [5.74, 6) is 1.01. The summed E-state index contributed by atoms with van der Waals surface area (Å²) >= 11 is -0.527. The van der Waals surface area contributed by atoms with Crippen molar-refractivity contribution in [1.82, 2.24) is 0 Å². The monoisotopic (exact) mass is 243 g/mol.